The number of nitrogens with zero attached hydrogens (tertiary/aromatic N) is 3. The molecular formula is C18H27N5S2. The first kappa shape index (κ1) is 18.4. The zero-order chi connectivity index (χ0) is 17.5. The fraction of sp³-hybridized carbons (Fsp3) is 0.556. The van der Waals surface area contributed by atoms with E-state index >= 15 is 0 Å². The van der Waals surface area contributed by atoms with Gasteiger partial charge in [-0.3, -0.25) is 9.89 Å². The topological polar surface area (TPSA) is 52.6 Å². The van der Waals surface area contributed by atoms with E-state index in [1.165, 1.54) is 10.6 Å². The molecular weight excluding hydrogens is 350 g/mol. The summed E-state index contributed by atoms with van der Waals surface area (Å²) in [6.07, 6.45) is 3.31. The van der Waals surface area contributed by atoms with Crippen LogP contribution in [0.5, 0.6) is 0 Å². The van der Waals surface area contributed by atoms with Crippen molar-refractivity contribution >= 4 is 28.6 Å². The van der Waals surface area contributed by atoms with Gasteiger partial charge in [-0.15, -0.1) is 11.3 Å². The third-order valence-electron chi connectivity index (χ3n) is 4.48. The van der Waals surface area contributed by atoms with Gasteiger partial charge in [0, 0.05) is 38.1 Å². The summed E-state index contributed by atoms with van der Waals surface area (Å²) in [5.74, 6) is 0.877. The van der Waals surface area contributed by atoms with Crippen LogP contribution in [0.3, 0.4) is 0 Å². The van der Waals surface area contributed by atoms with Crippen molar-refractivity contribution in [3.05, 3.63) is 38.5 Å². The second-order valence-corrected chi connectivity index (χ2v) is 8.06. The van der Waals surface area contributed by atoms with Gasteiger partial charge in [0.15, 0.2) is 5.96 Å². The number of aliphatic imine (C=N–C) groups is 1. The SMILES string of the molecule is CCc1nc(CNC(=NC)NC2CCN(Cc3ccsc3)CC2)cs1. The number of thiazole rings is 1. The van der Waals surface area contributed by atoms with Crippen LogP contribution in [0.25, 0.3) is 0 Å². The second-order valence-electron chi connectivity index (χ2n) is 6.34. The van der Waals surface area contributed by atoms with E-state index in [9.17, 15) is 0 Å². The lowest BCUT2D eigenvalue weighted by Gasteiger charge is -2.32. The number of guanidine groups is 1. The first-order valence-electron chi connectivity index (χ1n) is 8.90. The highest BCUT2D eigenvalue weighted by atomic mass is 32.1. The summed E-state index contributed by atoms with van der Waals surface area (Å²) in [6, 6.07) is 2.72. The number of hydrogen-bond donors (Lipinski definition) is 2. The van der Waals surface area contributed by atoms with E-state index in [2.05, 4.69) is 54.6 Å². The van der Waals surface area contributed by atoms with Crippen molar-refractivity contribution < 1.29 is 0 Å². The monoisotopic (exact) mass is 377 g/mol. The third kappa shape index (κ3) is 5.52. The van der Waals surface area contributed by atoms with E-state index in [-0.39, 0.29) is 0 Å². The van der Waals surface area contributed by atoms with Crippen LogP contribution in [-0.2, 0) is 19.5 Å². The normalized spacial score (nSPS) is 17.0. The Balaban J connectivity index is 1.40. The Morgan fingerprint density at radius 2 is 2.20 bits per heavy atom. The standard InChI is InChI=1S/C18H27N5S2/c1-3-17-21-16(13-25-17)10-20-18(19-2)22-15-4-7-23(8-5-15)11-14-6-9-24-12-14/h6,9,12-13,15H,3-5,7-8,10-11H2,1-2H3,(H2,19,20,22). The molecule has 1 aliphatic heterocycles. The Hall–Kier alpha value is -1.44. The van der Waals surface area contributed by atoms with Crippen molar-refractivity contribution in [2.75, 3.05) is 20.1 Å². The van der Waals surface area contributed by atoms with Gasteiger partial charge >= 0.3 is 0 Å². The summed E-state index contributed by atoms with van der Waals surface area (Å²) < 4.78 is 0. The van der Waals surface area contributed by atoms with E-state index in [0.29, 0.717) is 6.04 Å². The highest BCUT2D eigenvalue weighted by molar-refractivity contribution is 7.09. The quantitative estimate of drug-likeness (QED) is 0.600. The molecule has 0 amide bonds. The predicted octanol–water partition coefficient (Wildman–Crippen LogP) is 3.10. The number of rotatable bonds is 6. The summed E-state index contributed by atoms with van der Waals surface area (Å²) in [5.41, 5.74) is 2.53. The third-order valence-corrected chi connectivity index (χ3v) is 6.25. The maximum absolute atomic E-state index is 4.59. The average Bonchev–Trinajstić information content (AvgIpc) is 3.31. The van der Waals surface area contributed by atoms with Crippen molar-refractivity contribution in [2.24, 2.45) is 4.99 Å². The molecule has 25 heavy (non-hydrogen) atoms. The molecule has 0 radical (unpaired) electrons. The smallest absolute Gasteiger partial charge is 0.191 e. The molecule has 3 rings (SSSR count). The highest BCUT2D eigenvalue weighted by Crippen LogP contribution is 2.15. The van der Waals surface area contributed by atoms with Crippen molar-refractivity contribution in [3.8, 4) is 0 Å². The van der Waals surface area contributed by atoms with Gasteiger partial charge < -0.3 is 10.6 Å². The zero-order valence-corrected chi connectivity index (χ0v) is 16.6. The van der Waals surface area contributed by atoms with Crippen molar-refractivity contribution in [2.45, 2.75) is 45.3 Å². The molecule has 2 aromatic heterocycles. The van der Waals surface area contributed by atoms with Gasteiger partial charge in [0.05, 0.1) is 17.2 Å². The predicted molar refractivity (Wildman–Crippen MR) is 107 cm³/mol. The lowest BCUT2D eigenvalue weighted by Crippen LogP contribution is -2.48. The fourth-order valence-corrected chi connectivity index (χ4v) is 4.44. The number of hydrogen-bond acceptors (Lipinski definition) is 5. The maximum atomic E-state index is 4.59. The average molecular weight is 378 g/mol. The van der Waals surface area contributed by atoms with Gasteiger partial charge in [-0.2, -0.15) is 11.3 Å². The van der Waals surface area contributed by atoms with E-state index in [1.807, 2.05) is 7.05 Å². The molecule has 5 nitrogen and oxygen atoms in total. The molecule has 0 saturated carbocycles. The summed E-state index contributed by atoms with van der Waals surface area (Å²) in [7, 11) is 1.83. The molecule has 1 fully saturated rings. The van der Waals surface area contributed by atoms with E-state index in [4.69, 9.17) is 0 Å². The summed E-state index contributed by atoms with van der Waals surface area (Å²) in [5, 5.41) is 14.7. The molecule has 2 N–H and O–H groups in total. The molecule has 0 aliphatic carbocycles. The number of aryl methyl sites for hydroxylation is 1. The first-order valence-corrected chi connectivity index (χ1v) is 10.7. The van der Waals surface area contributed by atoms with Crippen molar-refractivity contribution in [1.82, 2.24) is 20.5 Å². The Bertz CT molecular complexity index is 657. The van der Waals surface area contributed by atoms with Crippen LogP contribution in [0, 0.1) is 0 Å². The molecule has 0 atom stereocenters. The number of likely N-dealkylation sites (tertiary alicyclic amines) is 1. The largest absolute Gasteiger partial charge is 0.354 e. The number of piperidine rings is 1. The zero-order valence-electron chi connectivity index (χ0n) is 15.0. The highest BCUT2D eigenvalue weighted by Gasteiger charge is 2.20. The molecule has 1 saturated heterocycles. The molecule has 7 heteroatoms. The minimum atomic E-state index is 0.492. The van der Waals surface area contributed by atoms with Gasteiger partial charge in [0.25, 0.3) is 0 Å². The first-order chi connectivity index (χ1) is 12.3. The van der Waals surface area contributed by atoms with Crippen LogP contribution in [0.15, 0.2) is 27.2 Å². The molecule has 0 unspecified atom stereocenters. The summed E-state index contributed by atoms with van der Waals surface area (Å²) in [6.45, 7) is 6.22. The van der Waals surface area contributed by atoms with E-state index in [1.54, 1.807) is 22.7 Å². The maximum Gasteiger partial charge on any atom is 0.191 e. The molecule has 0 aromatic carbocycles. The Morgan fingerprint density at radius 3 is 2.84 bits per heavy atom. The van der Waals surface area contributed by atoms with Crippen molar-refractivity contribution in [1.29, 1.82) is 0 Å². The fourth-order valence-electron chi connectivity index (χ4n) is 3.03. The minimum Gasteiger partial charge on any atom is -0.354 e. The van der Waals surface area contributed by atoms with Crippen LogP contribution in [-0.4, -0.2) is 42.0 Å². The van der Waals surface area contributed by atoms with Gasteiger partial charge in [0.2, 0.25) is 0 Å². The number of aromatic nitrogens is 1. The van der Waals surface area contributed by atoms with Gasteiger partial charge in [-0.25, -0.2) is 4.98 Å². The Kier molecular flexibility index (Phi) is 6.84. The van der Waals surface area contributed by atoms with Crippen LogP contribution >= 0.6 is 22.7 Å². The molecule has 1 aliphatic rings. The summed E-state index contributed by atoms with van der Waals surface area (Å²) >= 11 is 3.51. The van der Waals surface area contributed by atoms with Gasteiger partial charge in [-0.05, 0) is 41.7 Å². The second kappa shape index (κ2) is 9.31. The molecule has 0 spiro atoms. The minimum absolute atomic E-state index is 0.492. The Labute approximate surface area is 158 Å². The molecule has 3 heterocycles. The van der Waals surface area contributed by atoms with Gasteiger partial charge in [0.1, 0.15) is 0 Å². The molecule has 0 bridgehead atoms. The lowest BCUT2D eigenvalue weighted by atomic mass is 10.0. The molecule has 2 aromatic rings. The number of nitrogens with one attached hydrogen (secondary N) is 2. The molecule has 136 valence electrons. The van der Waals surface area contributed by atoms with Crippen LogP contribution in [0.4, 0.5) is 0 Å². The summed E-state index contributed by atoms with van der Waals surface area (Å²) in [4.78, 5) is 11.5. The van der Waals surface area contributed by atoms with Crippen LogP contribution in [0.2, 0.25) is 0 Å². The lowest BCUT2D eigenvalue weighted by molar-refractivity contribution is 0.198. The van der Waals surface area contributed by atoms with Gasteiger partial charge in [-0.1, -0.05) is 6.92 Å². The Morgan fingerprint density at radius 1 is 1.36 bits per heavy atom. The number of thiophene rings is 1. The van der Waals surface area contributed by atoms with Crippen LogP contribution < -0.4 is 10.6 Å². The van der Waals surface area contributed by atoms with E-state index in [0.717, 1.165) is 57.1 Å². The van der Waals surface area contributed by atoms with Crippen molar-refractivity contribution in [3.63, 3.8) is 0 Å². The van der Waals surface area contributed by atoms with Crippen LogP contribution in [0.1, 0.15) is 36.0 Å². The van der Waals surface area contributed by atoms with E-state index < -0.39 is 0 Å².